The summed E-state index contributed by atoms with van der Waals surface area (Å²) < 4.78 is 57.4. The van der Waals surface area contributed by atoms with Gasteiger partial charge in [0.05, 0.1) is 16.4 Å². The Morgan fingerprint density at radius 2 is 1.77 bits per heavy atom. The fourth-order valence-electron chi connectivity index (χ4n) is 3.37. The fraction of sp³-hybridized carbons (Fsp3) is 0.444. The third-order valence-electron chi connectivity index (χ3n) is 4.78. The first kappa shape index (κ1) is 19.1. The Hall–Kier alpha value is -1.64. The standard InChI is InChI=1S/C18H23NO5S2/c1-14-5-6-18(15(2)12-14)26(22,23)19-9-7-17(8-10-19)25(20,21)13-16-4-3-11-24-16/h3-6,11-12,17H,7-10,13H2,1-2H3. The highest BCUT2D eigenvalue weighted by Gasteiger charge is 2.35. The number of benzene rings is 1. The molecule has 1 aromatic heterocycles. The number of piperidine rings is 1. The Kier molecular flexibility index (Phi) is 5.28. The molecule has 8 heteroatoms. The first-order valence-electron chi connectivity index (χ1n) is 8.51. The van der Waals surface area contributed by atoms with E-state index in [0.29, 0.717) is 29.1 Å². The van der Waals surface area contributed by atoms with Crippen molar-refractivity contribution < 1.29 is 21.3 Å². The van der Waals surface area contributed by atoms with E-state index in [0.717, 1.165) is 5.56 Å². The maximum absolute atomic E-state index is 12.9. The van der Waals surface area contributed by atoms with Crippen molar-refractivity contribution in [2.24, 2.45) is 0 Å². The molecule has 0 spiro atoms. The molecule has 1 aromatic carbocycles. The Morgan fingerprint density at radius 3 is 2.35 bits per heavy atom. The number of rotatable bonds is 5. The van der Waals surface area contributed by atoms with Crippen molar-refractivity contribution >= 4 is 19.9 Å². The average molecular weight is 398 g/mol. The second-order valence-electron chi connectivity index (χ2n) is 6.76. The van der Waals surface area contributed by atoms with Crippen LogP contribution in [0.15, 0.2) is 45.9 Å². The van der Waals surface area contributed by atoms with Gasteiger partial charge in [-0.2, -0.15) is 4.31 Å². The van der Waals surface area contributed by atoms with Gasteiger partial charge in [0.15, 0.2) is 9.84 Å². The molecule has 0 unspecified atom stereocenters. The van der Waals surface area contributed by atoms with Crippen LogP contribution in [0.2, 0.25) is 0 Å². The molecule has 0 amide bonds. The number of hydrogen-bond acceptors (Lipinski definition) is 5. The Balaban J connectivity index is 1.71. The molecule has 6 nitrogen and oxygen atoms in total. The number of hydrogen-bond donors (Lipinski definition) is 0. The van der Waals surface area contributed by atoms with Gasteiger partial charge in [-0.3, -0.25) is 0 Å². The Bertz CT molecular complexity index is 971. The molecule has 26 heavy (non-hydrogen) atoms. The van der Waals surface area contributed by atoms with E-state index in [9.17, 15) is 16.8 Å². The van der Waals surface area contributed by atoms with E-state index in [4.69, 9.17) is 4.42 Å². The van der Waals surface area contributed by atoms with Crippen molar-refractivity contribution in [3.8, 4) is 0 Å². The van der Waals surface area contributed by atoms with Gasteiger partial charge in [-0.15, -0.1) is 0 Å². The van der Waals surface area contributed by atoms with Gasteiger partial charge in [-0.1, -0.05) is 17.7 Å². The van der Waals surface area contributed by atoms with Gasteiger partial charge in [-0.05, 0) is 50.5 Å². The average Bonchev–Trinajstić information content (AvgIpc) is 3.07. The van der Waals surface area contributed by atoms with Crippen LogP contribution >= 0.6 is 0 Å². The zero-order valence-corrected chi connectivity index (χ0v) is 16.5. The molecule has 1 aliphatic heterocycles. The molecular formula is C18H23NO5S2. The third-order valence-corrected chi connectivity index (χ3v) is 9.01. The highest BCUT2D eigenvalue weighted by molar-refractivity contribution is 7.91. The lowest BCUT2D eigenvalue weighted by molar-refractivity contribution is 0.345. The van der Waals surface area contributed by atoms with Crippen LogP contribution in [-0.4, -0.2) is 39.5 Å². The van der Waals surface area contributed by atoms with Gasteiger partial charge in [0.25, 0.3) is 0 Å². The van der Waals surface area contributed by atoms with Crippen molar-refractivity contribution in [3.63, 3.8) is 0 Å². The second-order valence-corrected chi connectivity index (χ2v) is 10.9. The zero-order valence-electron chi connectivity index (χ0n) is 14.9. The van der Waals surface area contributed by atoms with Crippen molar-refractivity contribution in [1.29, 1.82) is 0 Å². The van der Waals surface area contributed by atoms with Gasteiger partial charge in [0.1, 0.15) is 11.5 Å². The van der Waals surface area contributed by atoms with Crippen LogP contribution in [0.5, 0.6) is 0 Å². The highest BCUT2D eigenvalue weighted by atomic mass is 32.2. The first-order chi connectivity index (χ1) is 12.2. The van der Waals surface area contributed by atoms with E-state index in [1.807, 2.05) is 13.0 Å². The molecule has 0 aliphatic carbocycles. The Morgan fingerprint density at radius 1 is 1.08 bits per heavy atom. The normalized spacial score (nSPS) is 17.5. The molecule has 0 radical (unpaired) electrons. The summed E-state index contributed by atoms with van der Waals surface area (Å²) in [7, 11) is -6.98. The van der Waals surface area contributed by atoms with Crippen LogP contribution in [0.4, 0.5) is 0 Å². The number of sulfone groups is 1. The molecular weight excluding hydrogens is 374 g/mol. The lowest BCUT2D eigenvalue weighted by Crippen LogP contribution is -2.42. The summed E-state index contributed by atoms with van der Waals surface area (Å²) >= 11 is 0. The number of nitrogens with zero attached hydrogens (tertiary/aromatic N) is 1. The summed E-state index contributed by atoms with van der Waals surface area (Å²) in [5.74, 6) is 0.268. The summed E-state index contributed by atoms with van der Waals surface area (Å²) in [5.41, 5.74) is 1.71. The molecule has 2 heterocycles. The van der Waals surface area contributed by atoms with Crippen molar-refractivity contribution in [3.05, 3.63) is 53.5 Å². The molecule has 1 fully saturated rings. The topological polar surface area (TPSA) is 84.7 Å². The van der Waals surface area contributed by atoms with E-state index in [2.05, 4.69) is 0 Å². The van der Waals surface area contributed by atoms with Crippen LogP contribution in [0.3, 0.4) is 0 Å². The molecule has 0 bridgehead atoms. The van der Waals surface area contributed by atoms with Crippen molar-refractivity contribution in [2.75, 3.05) is 13.1 Å². The number of aryl methyl sites for hydroxylation is 2. The minimum Gasteiger partial charge on any atom is -0.468 e. The first-order valence-corrected chi connectivity index (χ1v) is 11.7. The molecule has 0 saturated carbocycles. The quantitative estimate of drug-likeness (QED) is 0.774. The lowest BCUT2D eigenvalue weighted by atomic mass is 10.2. The molecule has 142 valence electrons. The van der Waals surface area contributed by atoms with Crippen LogP contribution < -0.4 is 0 Å². The SMILES string of the molecule is Cc1ccc(S(=O)(=O)N2CCC(S(=O)(=O)Cc3ccco3)CC2)c(C)c1. The molecule has 2 aromatic rings. The van der Waals surface area contributed by atoms with Crippen LogP contribution in [0.25, 0.3) is 0 Å². The molecule has 1 aliphatic rings. The summed E-state index contributed by atoms with van der Waals surface area (Å²) in [4.78, 5) is 0.292. The smallest absolute Gasteiger partial charge is 0.243 e. The van der Waals surface area contributed by atoms with Gasteiger partial charge in [-0.25, -0.2) is 16.8 Å². The predicted octanol–water partition coefficient (Wildman–Crippen LogP) is 2.66. The lowest BCUT2D eigenvalue weighted by Gasteiger charge is -2.31. The minimum atomic E-state index is -3.61. The maximum atomic E-state index is 12.9. The highest BCUT2D eigenvalue weighted by Crippen LogP contribution is 2.27. The number of sulfonamides is 1. The monoisotopic (exact) mass is 397 g/mol. The third kappa shape index (κ3) is 3.87. The summed E-state index contributed by atoms with van der Waals surface area (Å²) in [5, 5.41) is -0.543. The van der Waals surface area contributed by atoms with Gasteiger partial charge < -0.3 is 4.42 Å². The van der Waals surface area contributed by atoms with Gasteiger partial charge >= 0.3 is 0 Å². The largest absolute Gasteiger partial charge is 0.468 e. The predicted molar refractivity (Wildman–Crippen MR) is 99.0 cm³/mol. The van der Waals surface area contributed by atoms with Gasteiger partial charge in [0.2, 0.25) is 10.0 Å². The zero-order chi connectivity index (χ0) is 18.9. The molecule has 0 atom stereocenters. The van der Waals surface area contributed by atoms with Crippen LogP contribution in [0.1, 0.15) is 29.7 Å². The van der Waals surface area contributed by atoms with Crippen LogP contribution in [0, 0.1) is 13.8 Å². The maximum Gasteiger partial charge on any atom is 0.243 e. The van der Waals surface area contributed by atoms with Gasteiger partial charge in [0, 0.05) is 13.1 Å². The van der Waals surface area contributed by atoms with Crippen LogP contribution in [-0.2, 0) is 25.6 Å². The summed E-state index contributed by atoms with van der Waals surface area (Å²) in [6.45, 7) is 4.11. The molecule has 0 N–H and O–H groups in total. The van der Waals surface area contributed by atoms with E-state index >= 15 is 0 Å². The number of furan rings is 1. The van der Waals surface area contributed by atoms with Crippen molar-refractivity contribution in [2.45, 2.75) is 42.6 Å². The van der Waals surface area contributed by atoms with E-state index < -0.39 is 25.1 Å². The molecule has 1 saturated heterocycles. The van der Waals surface area contributed by atoms with E-state index in [1.165, 1.54) is 10.6 Å². The van der Waals surface area contributed by atoms with E-state index in [1.54, 1.807) is 31.2 Å². The second kappa shape index (κ2) is 7.17. The fourth-order valence-corrected chi connectivity index (χ4v) is 6.77. The molecule has 3 rings (SSSR count). The summed E-state index contributed by atoms with van der Waals surface area (Å²) in [6.07, 6.45) is 2.05. The minimum absolute atomic E-state index is 0.144. The summed E-state index contributed by atoms with van der Waals surface area (Å²) in [6, 6.07) is 8.54. The van der Waals surface area contributed by atoms with E-state index in [-0.39, 0.29) is 18.8 Å². The Labute approximate surface area is 154 Å². The van der Waals surface area contributed by atoms with Crippen molar-refractivity contribution in [1.82, 2.24) is 4.31 Å².